The van der Waals surface area contributed by atoms with Crippen LogP contribution in [0.15, 0.2) is 12.2 Å². The molecule has 4 amide bonds. The fourth-order valence-corrected chi connectivity index (χ4v) is 3.00. The Bertz CT molecular complexity index is 545. The van der Waals surface area contributed by atoms with E-state index in [0.29, 0.717) is 25.9 Å². The van der Waals surface area contributed by atoms with Gasteiger partial charge < -0.3 is 10.2 Å². The van der Waals surface area contributed by atoms with E-state index >= 15 is 0 Å². The highest BCUT2D eigenvalue weighted by atomic mass is 16.2. The van der Waals surface area contributed by atoms with Gasteiger partial charge in [0.05, 0.1) is 0 Å². The number of nitrogens with zero attached hydrogens (tertiary/aromatic N) is 2. The van der Waals surface area contributed by atoms with Crippen LogP contribution in [0, 0.1) is 0 Å². The minimum Gasteiger partial charge on any atom is -0.356 e. The van der Waals surface area contributed by atoms with Crippen LogP contribution in [0.3, 0.4) is 0 Å². The van der Waals surface area contributed by atoms with Gasteiger partial charge in [-0.3, -0.25) is 24.1 Å². The molecule has 0 atom stereocenters. The zero-order valence-corrected chi connectivity index (χ0v) is 19.4. The van der Waals surface area contributed by atoms with E-state index in [1.165, 1.54) is 17.1 Å². The molecule has 0 saturated carbocycles. The number of unbranched alkanes of at least 4 members (excludes halogenated alkanes) is 4. The Labute approximate surface area is 183 Å². The van der Waals surface area contributed by atoms with Gasteiger partial charge >= 0.3 is 0 Å². The summed E-state index contributed by atoms with van der Waals surface area (Å²) < 4.78 is 0. The van der Waals surface area contributed by atoms with Crippen LogP contribution in [0.2, 0.25) is 0 Å². The molecule has 7 nitrogen and oxygen atoms in total. The maximum Gasteiger partial charge on any atom is 0.253 e. The molecule has 0 aliphatic carbocycles. The molecule has 0 aromatic heterocycles. The van der Waals surface area contributed by atoms with Gasteiger partial charge in [-0.25, -0.2) is 0 Å². The Hall–Kier alpha value is -2.18. The number of nitrogens with one attached hydrogen (secondary N) is 1. The first-order valence-electron chi connectivity index (χ1n) is 11.7. The average Bonchev–Trinajstić information content (AvgIpc) is 3.04. The normalized spacial score (nSPS) is 14.4. The third kappa shape index (κ3) is 11.1. The molecule has 1 N–H and O–H groups in total. The Kier molecular flexibility index (Phi) is 16.4. The molecular formula is C23H43N3O4. The van der Waals surface area contributed by atoms with Crippen LogP contribution in [0.25, 0.3) is 0 Å². The van der Waals surface area contributed by atoms with Crippen molar-refractivity contribution in [2.45, 2.75) is 85.5 Å². The van der Waals surface area contributed by atoms with Gasteiger partial charge in [-0.1, -0.05) is 40.5 Å². The van der Waals surface area contributed by atoms with Crippen molar-refractivity contribution >= 4 is 23.6 Å². The van der Waals surface area contributed by atoms with Crippen molar-refractivity contribution < 1.29 is 20.6 Å². The highest BCUT2D eigenvalue weighted by Crippen LogP contribution is 2.10. The molecule has 0 bridgehead atoms. The van der Waals surface area contributed by atoms with E-state index in [-0.39, 0.29) is 25.1 Å². The zero-order chi connectivity index (χ0) is 22.8. The van der Waals surface area contributed by atoms with E-state index in [0.717, 1.165) is 58.0 Å². The molecule has 0 unspecified atom stereocenters. The molecule has 2 aliphatic rings. The lowest BCUT2D eigenvalue weighted by atomic mass is 10.1. The SMILES string of the molecule is CC.CC.O=C(CCCCCN1C(=O)C=CC1=O)NCCCCCC(=O)N1CCC1.[HH]. The van der Waals surface area contributed by atoms with Crippen molar-refractivity contribution in [3.63, 3.8) is 0 Å². The van der Waals surface area contributed by atoms with Crippen molar-refractivity contribution in [3.05, 3.63) is 12.2 Å². The molecule has 0 spiro atoms. The van der Waals surface area contributed by atoms with Gasteiger partial charge in [-0.2, -0.15) is 0 Å². The highest BCUT2D eigenvalue weighted by molar-refractivity contribution is 6.12. The first-order valence-corrected chi connectivity index (χ1v) is 11.7. The molecule has 2 rings (SSSR count). The first kappa shape index (κ1) is 27.8. The maximum absolute atomic E-state index is 11.7. The summed E-state index contributed by atoms with van der Waals surface area (Å²) in [6.07, 6.45) is 9.79. The first-order chi connectivity index (χ1) is 14.6. The fraction of sp³-hybridized carbons (Fsp3) is 0.739. The van der Waals surface area contributed by atoms with Crippen LogP contribution in [0.5, 0.6) is 0 Å². The van der Waals surface area contributed by atoms with Crippen molar-refractivity contribution in [1.82, 2.24) is 15.1 Å². The number of amides is 4. The summed E-state index contributed by atoms with van der Waals surface area (Å²) in [7, 11) is 0. The number of rotatable bonds is 12. The standard InChI is InChI=1S/C19H29N3O4.2C2H6.H2/c23-16(8-3-2-6-15-22-18(25)10-11-19(22)26)20-12-5-1-4-9-17(24)21-13-7-14-21;2*1-2;/h10-11H,1-9,12-15H2,(H,20,23);2*1-2H3;1H. The number of carbonyl (C=O) groups excluding carboxylic acids is 4. The molecule has 0 radical (unpaired) electrons. The third-order valence-electron chi connectivity index (χ3n) is 4.78. The Balaban J connectivity index is 0. The fourth-order valence-electron chi connectivity index (χ4n) is 3.00. The number of likely N-dealkylation sites (tertiary alicyclic amines) is 1. The molecule has 30 heavy (non-hydrogen) atoms. The molecular weight excluding hydrogens is 382 g/mol. The van der Waals surface area contributed by atoms with E-state index in [2.05, 4.69) is 5.32 Å². The predicted molar refractivity (Wildman–Crippen MR) is 122 cm³/mol. The summed E-state index contributed by atoms with van der Waals surface area (Å²) in [6, 6.07) is 0. The van der Waals surface area contributed by atoms with E-state index in [1.807, 2.05) is 32.6 Å². The topological polar surface area (TPSA) is 86.8 Å². The van der Waals surface area contributed by atoms with Crippen LogP contribution >= 0.6 is 0 Å². The molecule has 0 aromatic rings. The van der Waals surface area contributed by atoms with Crippen LogP contribution in [0.1, 0.15) is 86.9 Å². The zero-order valence-electron chi connectivity index (χ0n) is 19.4. The van der Waals surface area contributed by atoms with Gasteiger partial charge in [0, 0.05) is 52.6 Å². The molecule has 1 fully saturated rings. The quantitative estimate of drug-likeness (QED) is 0.382. The number of hydrogen-bond donors (Lipinski definition) is 1. The summed E-state index contributed by atoms with van der Waals surface area (Å²) >= 11 is 0. The lowest BCUT2D eigenvalue weighted by Crippen LogP contribution is -2.41. The molecule has 7 heteroatoms. The molecule has 1 saturated heterocycles. The van der Waals surface area contributed by atoms with Crippen LogP contribution < -0.4 is 5.32 Å². The van der Waals surface area contributed by atoms with Gasteiger partial charge in [0.15, 0.2) is 0 Å². The summed E-state index contributed by atoms with van der Waals surface area (Å²) in [4.78, 5) is 49.3. The Morgan fingerprint density at radius 1 is 0.867 bits per heavy atom. The lowest BCUT2D eigenvalue weighted by molar-refractivity contribution is -0.137. The van der Waals surface area contributed by atoms with Crippen molar-refractivity contribution in [2.75, 3.05) is 26.2 Å². The van der Waals surface area contributed by atoms with E-state index < -0.39 is 0 Å². The van der Waals surface area contributed by atoms with Gasteiger partial charge in [-0.05, 0) is 32.1 Å². The minimum absolute atomic E-state index is 0. The average molecular weight is 426 g/mol. The Morgan fingerprint density at radius 3 is 2.00 bits per heavy atom. The summed E-state index contributed by atoms with van der Waals surface area (Å²) in [5.41, 5.74) is 0. The van der Waals surface area contributed by atoms with Crippen molar-refractivity contribution in [2.24, 2.45) is 0 Å². The molecule has 174 valence electrons. The van der Waals surface area contributed by atoms with Gasteiger partial charge in [0.25, 0.3) is 11.8 Å². The third-order valence-corrected chi connectivity index (χ3v) is 4.78. The maximum atomic E-state index is 11.7. The van der Waals surface area contributed by atoms with Crippen molar-refractivity contribution in [3.8, 4) is 0 Å². The molecule has 2 heterocycles. The van der Waals surface area contributed by atoms with Crippen LogP contribution in [-0.4, -0.2) is 59.6 Å². The van der Waals surface area contributed by atoms with Crippen LogP contribution in [0.4, 0.5) is 0 Å². The van der Waals surface area contributed by atoms with Gasteiger partial charge in [0.1, 0.15) is 0 Å². The Morgan fingerprint density at radius 2 is 1.43 bits per heavy atom. The molecule has 2 aliphatic heterocycles. The van der Waals surface area contributed by atoms with E-state index in [9.17, 15) is 19.2 Å². The second kappa shape index (κ2) is 17.7. The van der Waals surface area contributed by atoms with E-state index in [4.69, 9.17) is 0 Å². The smallest absolute Gasteiger partial charge is 0.253 e. The second-order valence-electron chi connectivity index (χ2n) is 6.87. The minimum atomic E-state index is -0.251. The summed E-state index contributed by atoms with van der Waals surface area (Å²) in [6.45, 7) is 10.9. The van der Waals surface area contributed by atoms with E-state index in [1.54, 1.807) is 0 Å². The summed E-state index contributed by atoms with van der Waals surface area (Å²) in [5, 5.41) is 2.90. The number of hydrogen-bond acceptors (Lipinski definition) is 4. The van der Waals surface area contributed by atoms with Gasteiger partial charge in [-0.15, -0.1) is 0 Å². The monoisotopic (exact) mass is 425 g/mol. The molecule has 0 aromatic carbocycles. The number of carbonyl (C=O) groups is 4. The largest absolute Gasteiger partial charge is 0.356 e. The predicted octanol–water partition coefficient (Wildman–Crippen LogP) is 3.68. The van der Waals surface area contributed by atoms with Crippen LogP contribution in [-0.2, 0) is 19.2 Å². The highest BCUT2D eigenvalue weighted by Gasteiger charge is 2.22. The second-order valence-corrected chi connectivity index (χ2v) is 6.87. The summed E-state index contributed by atoms with van der Waals surface area (Å²) in [5.74, 6) is -0.205. The van der Waals surface area contributed by atoms with Gasteiger partial charge in [0.2, 0.25) is 11.8 Å². The number of imide groups is 1. The lowest BCUT2D eigenvalue weighted by Gasteiger charge is -2.30. The van der Waals surface area contributed by atoms with Crippen molar-refractivity contribution in [1.29, 1.82) is 0 Å².